The topological polar surface area (TPSA) is 114 Å². The standard InChI is InChI=1S/C18H21N5O2/c1-11-10-15(25-14-8-6-12(7-9-14)16(19)20)22-18(21-11)23-17(24)13-4-2-3-5-13/h6-10,13H,2-5H2,1H3,(H3,19,20)(H,21,22,23,24). The minimum atomic E-state index is -0.0279. The second-order valence-corrected chi connectivity index (χ2v) is 6.18. The first kappa shape index (κ1) is 16.9. The van der Waals surface area contributed by atoms with Crippen LogP contribution in [0.4, 0.5) is 5.95 Å². The van der Waals surface area contributed by atoms with Crippen molar-refractivity contribution in [3.8, 4) is 11.6 Å². The molecule has 7 nitrogen and oxygen atoms in total. The van der Waals surface area contributed by atoms with Gasteiger partial charge in [0.2, 0.25) is 17.7 Å². The van der Waals surface area contributed by atoms with Crippen LogP contribution in [0.25, 0.3) is 0 Å². The third-order valence-electron chi connectivity index (χ3n) is 4.18. The van der Waals surface area contributed by atoms with Gasteiger partial charge in [0.25, 0.3) is 0 Å². The van der Waals surface area contributed by atoms with Crippen LogP contribution in [0.1, 0.15) is 36.9 Å². The van der Waals surface area contributed by atoms with Crippen molar-refractivity contribution in [3.63, 3.8) is 0 Å². The van der Waals surface area contributed by atoms with E-state index in [1.165, 1.54) is 0 Å². The second kappa shape index (κ2) is 7.29. The first-order valence-corrected chi connectivity index (χ1v) is 8.30. The van der Waals surface area contributed by atoms with Gasteiger partial charge in [-0.05, 0) is 44.0 Å². The number of amidine groups is 1. The summed E-state index contributed by atoms with van der Waals surface area (Å²) in [4.78, 5) is 20.8. The van der Waals surface area contributed by atoms with E-state index in [1.807, 2.05) is 6.92 Å². The van der Waals surface area contributed by atoms with Crippen LogP contribution in [0, 0.1) is 18.3 Å². The van der Waals surface area contributed by atoms with Gasteiger partial charge in [0, 0.05) is 23.2 Å². The minimum absolute atomic E-state index is 0.00124. The molecule has 0 spiro atoms. The Hall–Kier alpha value is -2.96. The van der Waals surface area contributed by atoms with Crippen LogP contribution in [-0.4, -0.2) is 21.7 Å². The smallest absolute Gasteiger partial charge is 0.232 e. The number of nitrogens with two attached hydrogens (primary N) is 1. The summed E-state index contributed by atoms with van der Waals surface area (Å²) in [6.07, 6.45) is 4.03. The Balaban J connectivity index is 1.72. The molecule has 0 saturated heterocycles. The van der Waals surface area contributed by atoms with Crippen molar-refractivity contribution in [2.75, 3.05) is 5.32 Å². The quantitative estimate of drug-likeness (QED) is 0.572. The van der Waals surface area contributed by atoms with E-state index in [9.17, 15) is 4.79 Å². The van der Waals surface area contributed by atoms with Gasteiger partial charge in [0.1, 0.15) is 11.6 Å². The van der Waals surface area contributed by atoms with E-state index in [1.54, 1.807) is 30.3 Å². The number of carbonyl (C=O) groups excluding carboxylic acids is 1. The van der Waals surface area contributed by atoms with Crippen LogP contribution < -0.4 is 15.8 Å². The van der Waals surface area contributed by atoms with E-state index < -0.39 is 0 Å². The molecule has 1 amide bonds. The molecule has 130 valence electrons. The highest BCUT2D eigenvalue weighted by molar-refractivity contribution is 5.95. The molecule has 0 radical (unpaired) electrons. The number of carbonyl (C=O) groups is 1. The third kappa shape index (κ3) is 4.32. The molecule has 7 heteroatoms. The fourth-order valence-corrected chi connectivity index (χ4v) is 2.87. The molecular weight excluding hydrogens is 318 g/mol. The number of rotatable bonds is 5. The van der Waals surface area contributed by atoms with Crippen LogP contribution >= 0.6 is 0 Å². The number of hydrogen-bond donors (Lipinski definition) is 3. The third-order valence-corrected chi connectivity index (χ3v) is 4.18. The molecule has 0 unspecified atom stereocenters. The molecule has 1 aromatic carbocycles. The van der Waals surface area contributed by atoms with Gasteiger partial charge in [-0.3, -0.25) is 15.5 Å². The van der Waals surface area contributed by atoms with Gasteiger partial charge < -0.3 is 10.5 Å². The molecule has 0 atom stereocenters. The van der Waals surface area contributed by atoms with Crippen molar-refractivity contribution in [2.24, 2.45) is 11.7 Å². The van der Waals surface area contributed by atoms with Crippen molar-refractivity contribution in [1.82, 2.24) is 9.97 Å². The van der Waals surface area contributed by atoms with Crippen molar-refractivity contribution in [2.45, 2.75) is 32.6 Å². The molecule has 0 aliphatic heterocycles. The van der Waals surface area contributed by atoms with Gasteiger partial charge in [-0.15, -0.1) is 0 Å². The molecule has 1 heterocycles. The maximum atomic E-state index is 12.2. The van der Waals surface area contributed by atoms with Crippen LogP contribution in [-0.2, 0) is 4.79 Å². The van der Waals surface area contributed by atoms with Crippen molar-refractivity contribution >= 4 is 17.7 Å². The van der Waals surface area contributed by atoms with Gasteiger partial charge in [0.05, 0.1) is 0 Å². The summed E-state index contributed by atoms with van der Waals surface area (Å²) >= 11 is 0. The predicted octanol–water partition coefficient (Wildman–Crippen LogP) is 2.99. The van der Waals surface area contributed by atoms with Crippen LogP contribution in [0.5, 0.6) is 11.6 Å². The number of nitrogens with zero attached hydrogens (tertiary/aromatic N) is 2. The Bertz CT molecular complexity index is 783. The summed E-state index contributed by atoms with van der Waals surface area (Å²) in [7, 11) is 0. The molecule has 25 heavy (non-hydrogen) atoms. The molecule has 2 aromatic rings. The Morgan fingerprint density at radius 3 is 2.56 bits per heavy atom. The van der Waals surface area contributed by atoms with Crippen LogP contribution in [0.2, 0.25) is 0 Å². The summed E-state index contributed by atoms with van der Waals surface area (Å²) in [6, 6.07) is 8.53. The monoisotopic (exact) mass is 339 g/mol. The molecule has 1 saturated carbocycles. The maximum Gasteiger partial charge on any atom is 0.232 e. The van der Waals surface area contributed by atoms with Gasteiger partial charge >= 0.3 is 0 Å². The SMILES string of the molecule is Cc1cc(Oc2ccc(C(=N)N)cc2)nc(NC(=O)C2CCCC2)n1. The summed E-state index contributed by atoms with van der Waals surface area (Å²) in [6.45, 7) is 1.82. The van der Waals surface area contributed by atoms with Crippen molar-refractivity contribution in [3.05, 3.63) is 41.6 Å². The Labute approximate surface area is 146 Å². The van der Waals surface area contributed by atoms with E-state index in [-0.39, 0.29) is 23.6 Å². The normalized spacial score (nSPS) is 14.3. The fraction of sp³-hybridized carbons (Fsp3) is 0.333. The zero-order chi connectivity index (χ0) is 17.8. The van der Waals surface area contributed by atoms with Gasteiger partial charge in [-0.25, -0.2) is 4.98 Å². The zero-order valence-corrected chi connectivity index (χ0v) is 14.1. The first-order chi connectivity index (χ1) is 12.0. The number of nitrogen functional groups attached to an aromatic ring is 1. The van der Waals surface area contributed by atoms with Crippen molar-refractivity contribution in [1.29, 1.82) is 5.41 Å². The zero-order valence-electron chi connectivity index (χ0n) is 14.1. The van der Waals surface area contributed by atoms with Gasteiger partial charge in [-0.2, -0.15) is 4.98 Å². The van der Waals surface area contributed by atoms with E-state index >= 15 is 0 Å². The van der Waals surface area contributed by atoms with E-state index in [0.717, 1.165) is 25.7 Å². The van der Waals surface area contributed by atoms with Gasteiger partial charge in [-0.1, -0.05) is 12.8 Å². The summed E-state index contributed by atoms with van der Waals surface area (Å²) in [5.41, 5.74) is 6.76. The van der Waals surface area contributed by atoms with Crippen molar-refractivity contribution < 1.29 is 9.53 Å². The average Bonchev–Trinajstić information content (AvgIpc) is 3.09. The number of amides is 1. The summed E-state index contributed by atoms with van der Waals surface area (Å²) in [5.74, 6) is 1.20. The molecule has 1 aliphatic carbocycles. The highest BCUT2D eigenvalue weighted by Crippen LogP contribution is 2.26. The lowest BCUT2D eigenvalue weighted by Crippen LogP contribution is -2.21. The molecule has 4 N–H and O–H groups in total. The summed E-state index contributed by atoms with van der Waals surface area (Å²) < 4.78 is 5.73. The second-order valence-electron chi connectivity index (χ2n) is 6.18. The lowest BCUT2D eigenvalue weighted by atomic mass is 10.1. The number of aryl methyl sites for hydroxylation is 1. The Morgan fingerprint density at radius 1 is 1.24 bits per heavy atom. The van der Waals surface area contributed by atoms with Crippen LogP contribution in [0.3, 0.4) is 0 Å². The molecule has 0 bridgehead atoms. The molecule has 1 aromatic heterocycles. The molecular formula is C18H21N5O2. The lowest BCUT2D eigenvalue weighted by Gasteiger charge is -2.11. The number of ether oxygens (including phenoxy) is 1. The number of benzene rings is 1. The number of anilines is 1. The van der Waals surface area contributed by atoms with E-state index in [0.29, 0.717) is 22.9 Å². The lowest BCUT2D eigenvalue weighted by molar-refractivity contribution is -0.119. The Kier molecular flexibility index (Phi) is 4.92. The number of aromatic nitrogens is 2. The number of hydrogen-bond acceptors (Lipinski definition) is 5. The minimum Gasteiger partial charge on any atom is -0.439 e. The average molecular weight is 339 g/mol. The van der Waals surface area contributed by atoms with E-state index in [4.69, 9.17) is 15.9 Å². The number of nitrogens with one attached hydrogen (secondary N) is 2. The molecule has 1 fully saturated rings. The maximum absolute atomic E-state index is 12.2. The van der Waals surface area contributed by atoms with E-state index in [2.05, 4.69) is 15.3 Å². The summed E-state index contributed by atoms with van der Waals surface area (Å²) in [5, 5.41) is 10.2. The van der Waals surface area contributed by atoms with Gasteiger partial charge in [0.15, 0.2) is 0 Å². The predicted molar refractivity (Wildman–Crippen MR) is 94.9 cm³/mol. The largest absolute Gasteiger partial charge is 0.439 e. The molecule has 1 aliphatic rings. The highest BCUT2D eigenvalue weighted by atomic mass is 16.5. The highest BCUT2D eigenvalue weighted by Gasteiger charge is 2.23. The Morgan fingerprint density at radius 2 is 1.92 bits per heavy atom. The first-order valence-electron chi connectivity index (χ1n) is 8.30. The fourth-order valence-electron chi connectivity index (χ4n) is 2.87. The molecule has 3 rings (SSSR count). The van der Waals surface area contributed by atoms with Crippen LogP contribution in [0.15, 0.2) is 30.3 Å².